The van der Waals surface area contributed by atoms with Crippen molar-refractivity contribution < 1.29 is 107 Å². The third kappa shape index (κ3) is 20.1. The number of hydrogen-bond donors (Lipinski definition) is 10. The number of hydrogen-bond acceptors (Lipinski definition) is 29. The van der Waals surface area contributed by atoms with Crippen molar-refractivity contribution in [3.8, 4) is 17.2 Å². The van der Waals surface area contributed by atoms with Crippen molar-refractivity contribution in [2.24, 2.45) is 25.6 Å². The Morgan fingerprint density at radius 2 is 1.00 bits per heavy atom. The van der Waals surface area contributed by atoms with Crippen LogP contribution < -0.4 is 15.4 Å². The van der Waals surface area contributed by atoms with Crippen LogP contribution in [0.15, 0.2) is 237 Å². The van der Waals surface area contributed by atoms with Crippen molar-refractivity contribution >= 4 is 158 Å². The maximum absolute atomic E-state index is 12.6. The van der Waals surface area contributed by atoms with Gasteiger partial charge >= 0.3 is 0 Å². The normalized spacial score (nSPS) is 12.3. The van der Waals surface area contributed by atoms with Crippen molar-refractivity contribution in [1.82, 2.24) is 0 Å². The van der Waals surface area contributed by atoms with E-state index in [0.29, 0.717) is 90.3 Å². The maximum atomic E-state index is 12.6. The SMILES string of the molecule is CN=[N+]([O-])c1ccc(/C=C/c2ccc(N=Nc3c(S(=O)(=O)O)cc4cc(NC(=O)c5ccccc5)ccc4c3O)cc2S(=O)(=O)O)c(SOOO)c1.Cc1ccc(/C=C/c2ccc(N=Nc3c(SOOO)cc4cc(NCOc5ccccc5)ccc4c3O)cc2SOOO)c(S(=O)(=O)O)c1. The molecule has 0 aliphatic heterocycles. The van der Waals surface area contributed by atoms with Gasteiger partial charge in [-0.25, -0.2) is 15.8 Å². The van der Waals surface area contributed by atoms with Crippen molar-refractivity contribution in [3.63, 3.8) is 0 Å². The Bertz CT molecular complexity index is 5240. The number of phenols is 2. The Morgan fingerprint density at radius 1 is 0.515 bits per heavy atom. The van der Waals surface area contributed by atoms with E-state index in [-0.39, 0.29) is 77.5 Å². The van der Waals surface area contributed by atoms with Gasteiger partial charge in [0.05, 0.1) is 64.3 Å². The van der Waals surface area contributed by atoms with Gasteiger partial charge in [-0.05, 0) is 160 Å². The molecule has 0 fully saturated rings. The van der Waals surface area contributed by atoms with Crippen LogP contribution in [0.3, 0.4) is 0 Å². The largest absolute Gasteiger partial charge is 0.594 e. The molecular weight excluding hydrogens is 1440 g/mol. The van der Waals surface area contributed by atoms with Gasteiger partial charge in [0.25, 0.3) is 36.3 Å². The summed E-state index contributed by atoms with van der Waals surface area (Å²) in [5.74, 6) is -0.675. The van der Waals surface area contributed by atoms with E-state index < -0.39 is 57.5 Å². The van der Waals surface area contributed by atoms with E-state index in [1.165, 1.54) is 85.9 Å². The molecule has 0 bridgehead atoms. The van der Waals surface area contributed by atoms with E-state index in [1.54, 1.807) is 91.9 Å². The van der Waals surface area contributed by atoms with Crippen LogP contribution in [0, 0.1) is 12.1 Å². The van der Waals surface area contributed by atoms with Crippen LogP contribution in [0.25, 0.3) is 45.8 Å². The summed E-state index contributed by atoms with van der Waals surface area (Å²) in [5.41, 5.74) is 2.52. The molecule has 10 aromatic rings. The lowest BCUT2D eigenvalue weighted by atomic mass is 10.1. The minimum atomic E-state index is -5.02. The van der Waals surface area contributed by atoms with Gasteiger partial charge in [0, 0.05) is 44.7 Å². The minimum Gasteiger partial charge on any atom is -0.594 e. The number of fused-ring (bicyclic) bond motifs is 2. The molecule has 0 saturated heterocycles. The number of aryl methyl sites for hydroxylation is 1. The number of para-hydroxylation sites is 1. The third-order valence-electron chi connectivity index (χ3n) is 13.9. The van der Waals surface area contributed by atoms with Crippen LogP contribution in [0.5, 0.6) is 17.2 Å². The highest BCUT2D eigenvalue weighted by Gasteiger charge is 2.24. The van der Waals surface area contributed by atoms with Gasteiger partial charge in [-0.15, -0.1) is 23.2 Å². The summed E-state index contributed by atoms with van der Waals surface area (Å²) in [5, 5.41) is 98.1. The standard InChI is InChI=1S/C32H25N5O12S3.C32H27N3O11S3/c1-33-37(40)25-13-10-19(27(18-25)50-49-48-41)7-8-20-9-11-24(17-28(20)51(42,43)44)35-36-30-29(52(45,46)47)16-22-15-23(12-14-26(22)31(30)38)34-32(39)21-5-3-2-4-6-21;1-20-7-8-22(30(15-20)49(39,40)41)10-9-21-11-12-25(18-28(21)47-45-43-37)34-35-31-29(48-46-44-38)17-23-16-24(13-14-27(23)32(31)36)33-19-42-26-5-3-2-4-6-26/h2-18,38,41H,1H3,(H,34,39)(H,42,43,44)(H,45,46,47);2-18,33,36-38H,19H2,1H3,(H,39,40,41)/b8-7+,36-35?,37-33?;10-9+,35-34?. The third-order valence-corrected chi connectivity index (χ3v) is 18.6. The van der Waals surface area contributed by atoms with Crippen LogP contribution in [0.4, 0.5) is 39.8 Å². The number of phenolic OH excluding ortho intramolecular Hbond substituents is 2. The molecule has 0 aliphatic rings. The fraction of sp³-hybridized carbons (Fsp3) is 0.0469. The molecule has 0 spiro atoms. The van der Waals surface area contributed by atoms with Crippen molar-refractivity contribution in [1.29, 1.82) is 0 Å². The monoisotopic (exact) mass is 1490 g/mol. The summed E-state index contributed by atoms with van der Waals surface area (Å²) in [6, 6.07) is 46.6. The number of amides is 1. The molecule has 10 N–H and O–H groups in total. The molecule has 0 unspecified atom stereocenters. The van der Waals surface area contributed by atoms with Crippen LogP contribution in [-0.2, 0) is 58.5 Å². The zero-order valence-electron chi connectivity index (χ0n) is 51.7. The Kier molecular flexibility index (Phi) is 25.5. The number of rotatable bonds is 27. The molecule has 10 rings (SSSR count). The zero-order chi connectivity index (χ0) is 72.4. The lowest BCUT2D eigenvalue weighted by Crippen LogP contribution is -2.11. The Balaban J connectivity index is 0.000000236. The average molecular weight is 1490 g/mol. The first-order valence-electron chi connectivity index (χ1n) is 28.4. The molecule has 522 valence electrons. The van der Waals surface area contributed by atoms with Crippen LogP contribution in [-0.4, -0.2) is 89.4 Å². The molecule has 1 amide bonds. The number of nitrogens with one attached hydrogen (secondary N) is 2. The lowest BCUT2D eigenvalue weighted by Gasteiger charge is -2.12. The van der Waals surface area contributed by atoms with E-state index in [4.69, 9.17) is 20.5 Å². The Morgan fingerprint density at radius 3 is 1.59 bits per heavy atom. The molecule has 101 heavy (non-hydrogen) atoms. The Labute approximate surface area is 586 Å². The van der Waals surface area contributed by atoms with Gasteiger partial charge in [0.2, 0.25) is 5.69 Å². The van der Waals surface area contributed by atoms with E-state index in [9.17, 15) is 59.1 Å². The molecule has 0 radical (unpaired) electrons. The Hall–Kier alpha value is -10.1. The van der Waals surface area contributed by atoms with Crippen molar-refractivity contribution in [2.45, 2.75) is 36.3 Å². The van der Waals surface area contributed by atoms with Gasteiger partial charge in [-0.1, -0.05) is 105 Å². The second kappa shape index (κ2) is 34.3. The van der Waals surface area contributed by atoms with Crippen LogP contribution >= 0.6 is 36.1 Å². The summed E-state index contributed by atoms with van der Waals surface area (Å²) in [6.45, 7) is 1.89. The zero-order valence-corrected chi connectivity index (χ0v) is 56.6. The van der Waals surface area contributed by atoms with E-state index in [0.717, 1.165) is 12.1 Å². The molecule has 0 saturated carbocycles. The predicted octanol–water partition coefficient (Wildman–Crippen LogP) is 16.5. The van der Waals surface area contributed by atoms with E-state index >= 15 is 0 Å². The molecule has 0 aliphatic carbocycles. The van der Waals surface area contributed by atoms with E-state index in [1.807, 2.05) is 30.3 Å². The summed E-state index contributed by atoms with van der Waals surface area (Å²) < 4.78 is 122. The number of benzene rings is 10. The second-order valence-electron chi connectivity index (χ2n) is 20.5. The first-order valence-corrected chi connectivity index (χ1v) is 34.9. The number of nitrogens with zero attached hydrogens (tertiary/aromatic N) is 6. The van der Waals surface area contributed by atoms with E-state index in [2.05, 4.69) is 64.3 Å². The highest BCUT2D eigenvalue weighted by atomic mass is 32.2. The summed E-state index contributed by atoms with van der Waals surface area (Å²) in [7, 11) is -13.1. The molecule has 0 aromatic heterocycles. The number of carbonyl (C=O) groups excluding carboxylic acids is 1. The highest BCUT2D eigenvalue weighted by molar-refractivity contribution is 7.95. The first-order chi connectivity index (χ1) is 48.3. The topological polar surface area (TPSA) is 458 Å². The quantitative estimate of drug-likeness (QED) is 0.00334. The molecule has 31 nitrogen and oxygen atoms in total. The molecule has 0 atom stereocenters. The molecule has 37 heteroatoms. The highest BCUT2D eigenvalue weighted by Crippen LogP contribution is 2.46. The number of ether oxygens (including phenoxy) is 1. The van der Waals surface area contributed by atoms with Gasteiger partial charge in [0.1, 0.15) is 31.8 Å². The number of anilines is 2. The fourth-order valence-electron chi connectivity index (χ4n) is 9.30. The first kappa shape index (κ1) is 75.1. The maximum Gasteiger partial charge on any atom is 0.296 e. The molecular formula is C64H52N8O23S6. The number of aromatic hydroxyl groups is 2. The van der Waals surface area contributed by atoms with Crippen LogP contribution in [0.1, 0.15) is 38.2 Å². The second-order valence-corrected chi connectivity index (χ2v) is 26.9. The van der Waals surface area contributed by atoms with Gasteiger partial charge < -0.3 is 30.8 Å². The average Bonchev–Trinajstić information content (AvgIpc) is 0.772. The summed E-state index contributed by atoms with van der Waals surface area (Å²) >= 11 is 1.74. The minimum absolute atomic E-state index is 0.00732. The van der Waals surface area contributed by atoms with Crippen molar-refractivity contribution in [2.75, 3.05) is 24.4 Å². The van der Waals surface area contributed by atoms with Gasteiger partial charge in [0.15, 0.2) is 18.2 Å². The smallest absolute Gasteiger partial charge is 0.296 e. The van der Waals surface area contributed by atoms with Crippen molar-refractivity contribution in [3.05, 3.63) is 221 Å². The summed E-state index contributed by atoms with van der Waals surface area (Å²) in [4.78, 5) is 12.0. The van der Waals surface area contributed by atoms with Gasteiger partial charge in [-0.3, -0.25) is 18.5 Å². The van der Waals surface area contributed by atoms with Gasteiger partial charge in [-0.2, -0.15) is 35.5 Å². The fourth-order valence-corrected chi connectivity index (χ4v) is 12.9. The molecule has 0 heterocycles. The van der Waals surface area contributed by atoms with Crippen LogP contribution in [0.2, 0.25) is 0 Å². The lowest BCUT2D eigenvalue weighted by molar-refractivity contribution is -0.440. The number of azo groups is 3. The predicted molar refractivity (Wildman–Crippen MR) is 371 cm³/mol. The number of carbonyl (C=O) groups is 1. The molecule has 10 aromatic carbocycles. The summed E-state index contributed by atoms with van der Waals surface area (Å²) in [6.07, 6.45) is 5.75.